The van der Waals surface area contributed by atoms with Gasteiger partial charge in [-0.1, -0.05) is 18.6 Å². The Kier molecular flexibility index (Phi) is 6.87. The molecule has 0 radical (unpaired) electrons. The average Bonchev–Trinajstić information content (AvgIpc) is 2.51. The topological polar surface area (TPSA) is 15.3 Å². The molecule has 4 heteroatoms. The monoisotopic (exact) mass is 354 g/mol. The van der Waals surface area contributed by atoms with Gasteiger partial charge < -0.3 is 5.32 Å². The van der Waals surface area contributed by atoms with Gasteiger partial charge >= 0.3 is 0 Å². The Hall–Kier alpha value is -0.710. The molecule has 21 heavy (non-hydrogen) atoms. The molecule has 1 aromatic rings. The van der Waals surface area contributed by atoms with E-state index in [1.807, 2.05) is 18.2 Å². The minimum Gasteiger partial charge on any atom is -0.314 e. The number of hydrogen-bond donors (Lipinski definition) is 1. The molecule has 1 saturated heterocycles. The number of halogens is 2. The van der Waals surface area contributed by atoms with E-state index in [1.54, 1.807) is 6.07 Å². The van der Waals surface area contributed by atoms with Gasteiger partial charge in [0.05, 0.1) is 4.47 Å². The van der Waals surface area contributed by atoms with E-state index in [9.17, 15) is 4.39 Å². The van der Waals surface area contributed by atoms with Gasteiger partial charge in [0.25, 0.3) is 0 Å². The zero-order valence-corrected chi connectivity index (χ0v) is 14.0. The first-order valence-electron chi connectivity index (χ1n) is 7.73. The highest BCUT2D eigenvalue weighted by Gasteiger charge is 2.22. The van der Waals surface area contributed by atoms with Crippen LogP contribution in [0.1, 0.15) is 37.3 Å². The Morgan fingerprint density at radius 1 is 1.33 bits per heavy atom. The van der Waals surface area contributed by atoms with Crippen LogP contribution in [0.5, 0.6) is 0 Å². The van der Waals surface area contributed by atoms with Crippen molar-refractivity contribution in [3.8, 4) is 0 Å². The first-order valence-corrected chi connectivity index (χ1v) is 8.52. The van der Waals surface area contributed by atoms with E-state index in [-0.39, 0.29) is 5.82 Å². The average molecular weight is 355 g/mol. The molecule has 0 saturated carbocycles. The van der Waals surface area contributed by atoms with Crippen LogP contribution in [-0.4, -0.2) is 31.1 Å². The SMILES string of the molecule is C=CCCCC[C@H](c1ccc(F)c(Br)c1)N1CCNCC1. The van der Waals surface area contributed by atoms with Gasteiger partial charge in [-0.15, -0.1) is 6.58 Å². The normalized spacial score (nSPS) is 17.6. The fourth-order valence-electron chi connectivity index (χ4n) is 2.90. The van der Waals surface area contributed by atoms with Crippen molar-refractivity contribution in [1.82, 2.24) is 10.2 Å². The predicted octanol–water partition coefficient (Wildman–Crippen LogP) is 4.28. The number of allylic oxidation sites excluding steroid dienone is 1. The summed E-state index contributed by atoms with van der Waals surface area (Å²) in [6, 6.07) is 5.82. The predicted molar refractivity (Wildman–Crippen MR) is 89.9 cm³/mol. The van der Waals surface area contributed by atoms with Crippen molar-refractivity contribution in [1.29, 1.82) is 0 Å². The van der Waals surface area contributed by atoms with Gasteiger partial charge in [0.1, 0.15) is 5.82 Å². The molecule has 1 aliphatic heterocycles. The molecule has 1 heterocycles. The quantitative estimate of drug-likeness (QED) is 0.580. The summed E-state index contributed by atoms with van der Waals surface area (Å²) in [5.74, 6) is -0.190. The van der Waals surface area contributed by atoms with E-state index in [0.29, 0.717) is 10.5 Å². The number of nitrogens with zero attached hydrogens (tertiary/aromatic N) is 1. The van der Waals surface area contributed by atoms with Gasteiger partial charge in [-0.05, 0) is 52.9 Å². The van der Waals surface area contributed by atoms with Crippen molar-refractivity contribution < 1.29 is 4.39 Å². The maximum atomic E-state index is 13.5. The second-order valence-corrected chi connectivity index (χ2v) is 6.40. The maximum Gasteiger partial charge on any atom is 0.137 e. The van der Waals surface area contributed by atoms with Crippen LogP contribution in [-0.2, 0) is 0 Å². The van der Waals surface area contributed by atoms with E-state index in [2.05, 4.69) is 32.7 Å². The summed E-state index contributed by atoms with van der Waals surface area (Å²) >= 11 is 3.31. The van der Waals surface area contributed by atoms with Crippen LogP contribution in [0.15, 0.2) is 35.3 Å². The Labute approximate surface area is 135 Å². The molecule has 0 aliphatic carbocycles. The Morgan fingerprint density at radius 2 is 2.10 bits per heavy atom. The minimum atomic E-state index is -0.190. The van der Waals surface area contributed by atoms with Gasteiger partial charge in [0.15, 0.2) is 0 Å². The summed E-state index contributed by atoms with van der Waals surface area (Å²) in [5, 5.41) is 3.39. The number of benzene rings is 1. The van der Waals surface area contributed by atoms with Crippen LogP contribution >= 0.6 is 15.9 Å². The lowest BCUT2D eigenvalue weighted by atomic mass is 9.98. The second kappa shape index (κ2) is 8.66. The summed E-state index contributed by atoms with van der Waals surface area (Å²) < 4.78 is 14.0. The zero-order chi connectivity index (χ0) is 15.1. The van der Waals surface area contributed by atoms with Crippen molar-refractivity contribution in [2.24, 2.45) is 0 Å². The summed E-state index contributed by atoms with van der Waals surface area (Å²) in [6.45, 7) is 7.96. The summed E-state index contributed by atoms with van der Waals surface area (Å²) in [5.41, 5.74) is 1.21. The lowest BCUT2D eigenvalue weighted by Crippen LogP contribution is -2.45. The fourth-order valence-corrected chi connectivity index (χ4v) is 3.30. The number of piperazine rings is 1. The molecule has 0 amide bonds. The number of rotatable bonds is 7. The molecule has 2 nitrogen and oxygen atoms in total. The zero-order valence-electron chi connectivity index (χ0n) is 12.5. The van der Waals surface area contributed by atoms with Crippen LogP contribution in [0.25, 0.3) is 0 Å². The third kappa shape index (κ3) is 4.90. The van der Waals surface area contributed by atoms with Gasteiger partial charge in [0.2, 0.25) is 0 Å². The van der Waals surface area contributed by atoms with E-state index >= 15 is 0 Å². The van der Waals surface area contributed by atoms with Crippen molar-refractivity contribution >= 4 is 15.9 Å². The molecule has 0 spiro atoms. The molecule has 1 atom stereocenters. The molecule has 1 aromatic carbocycles. The molecular formula is C17H24BrFN2. The van der Waals surface area contributed by atoms with E-state index in [1.165, 1.54) is 18.4 Å². The van der Waals surface area contributed by atoms with Crippen molar-refractivity contribution in [2.75, 3.05) is 26.2 Å². The number of unbranched alkanes of at least 4 members (excludes halogenated alkanes) is 2. The van der Waals surface area contributed by atoms with Crippen LogP contribution in [0.3, 0.4) is 0 Å². The van der Waals surface area contributed by atoms with Crippen molar-refractivity contribution in [3.63, 3.8) is 0 Å². The lowest BCUT2D eigenvalue weighted by Gasteiger charge is -2.35. The molecule has 0 bridgehead atoms. The van der Waals surface area contributed by atoms with Crippen LogP contribution in [0.2, 0.25) is 0 Å². The van der Waals surface area contributed by atoms with Crippen molar-refractivity contribution in [3.05, 3.63) is 46.7 Å². The first kappa shape index (κ1) is 16.7. The smallest absolute Gasteiger partial charge is 0.137 e. The van der Waals surface area contributed by atoms with Crippen LogP contribution in [0.4, 0.5) is 4.39 Å². The minimum absolute atomic E-state index is 0.190. The largest absolute Gasteiger partial charge is 0.314 e. The lowest BCUT2D eigenvalue weighted by molar-refractivity contribution is 0.163. The standard InChI is InChI=1S/C17H24BrFN2/c1-2-3-4-5-6-17(21-11-9-20-10-12-21)14-7-8-16(19)15(18)13-14/h2,7-8,13,17,20H,1,3-6,9-12H2/t17-/m1/s1. The van der Waals surface area contributed by atoms with Crippen LogP contribution in [0, 0.1) is 5.82 Å². The molecule has 116 valence electrons. The molecular weight excluding hydrogens is 331 g/mol. The molecule has 1 N–H and O–H groups in total. The fraction of sp³-hybridized carbons (Fsp3) is 0.529. The first-order chi connectivity index (χ1) is 10.2. The third-order valence-electron chi connectivity index (χ3n) is 4.06. The Balaban J connectivity index is 2.09. The summed E-state index contributed by atoms with van der Waals surface area (Å²) in [6.07, 6.45) is 6.52. The highest BCUT2D eigenvalue weighted by molar-refractivity contribution is 9.10. The van der Waals surface area contributed by atoms with Crippen LogP contribution < -0.4 is 5.32 Å². The second-order valence-electron chi connectivity index (χ2n) is 5.55. The maximum absolute atomic E-state index is 13.5. The molecule has 1 aliphatic rings. The van der Waals surface area contributed by atoms with E-state index < -0.39 is 0 Å². The van der Waals surface area contributed by atoms with Gasteiger partial charge in [-0.25, -0.2) is 4.39 Å². The third-order valence-corrected chi connectivity index (χ3v) is 4.66. The van der Waals surface area contributed by atoms with Gasteiger partial charge in [0, 0.05) is 32.2 Å². The highest BCUT2D eigenvalue weighted by Crippen LogP contribution is 2.30. The summed E-state index contributed by atoms with van der Waals surface area (Å²) in [4.78, 5) is 2.52. The number of hydrogen-bond acceptors (Lipinski definition) is 2. The number of nitrogens with one attached hydrogen (secondary N) is 1. The molecule has 0 unspecified atom stereocenters. The molecule has 1 fully saturated rings. The molecule has 2 rings (SSSR count). The van der Waals surface area contributed by atoms with Gasteiger partial charge in [-0.2, -0.15) is 0 Å². The molecule has 0 aromatic heterocycles. The van der Waals surface area contributed by atoms with Crippen molar-refractivity contribution in [2.45, 2.75) is 31.7 Å². The highest BCUT2D eigenvalue weighted by atomic mass is 79.9. The van der Waals surface area contributed by atoms with Gasteiger partial charge in [-0.3, -0.25) is 4.90 Å². The Bertz CT molecular complexity index is 458. The van der Waals surface area contributed by atoms with E-state index in [0.717, 1.165) is 39.0 Å². The summed E-state index contributed by atoms with van der Waals surface area (Å²) in [7, 11) is 0. The Morgan fingerprint density at radius 3 is 2.76 bits per heavy atom. The van der Waals surface area contributed by atoms with E-state index in [4.69, 9.17) is 0 Å².